The van der Waals surface area contributed by atoms with Gasteiger partial charge in [-0.25, -0.2) is 10.2 Å². The smallest absolute Gasteiger partial charge is 0.344 e. The monoisotopic (exact) mass is 590 g/mol. The number of rotatable bonds is 7. The lowest BCUT2D eigenvalue weighted by atomic mass is 10.1. The minimum absolute atomic E-state index is 0.0321. The van der Waals surface area contributed by atoms with Crippen molar-refractivity contribution in [2.24, 2.45) is 5.10 Å². The van der Waals surface area contributed by atoms with Gasteiger partial charge in [0.25, 0.3) is 17.3 Å². The zero-order valence-electron chi connectivity index (χ0n) is 16.8. The van der Waals surface area contributed by atoms with Crippen LogP contribution < -0.4 is 10.2 Å². The topological polar surface area (TPSA) is 154 Å². The van der Waals surface area contributed by atoms with Crippen molar-refractivity contribution in [1.82, 2.24) is 5.43 Å². The van der Waals surface area contributed by atoms with E-state index in [9.17, 15) is 29.8 Å². The van der Waals surface area contributed by atoms with E-state index in [1.54, 1.807) is 42.5 Å². The van der Waals surface area contributed by atoms with Crippen molar-refractivity contribution in [3.8, 4) is 5.75 Å². The molecule has 1 amide bonds. The molecule has 0 unspecified atom stereocenters. The maximum atomic E-state index is 12.6. The van der Waals surface area contributed by atoms with Gasteiger partial charge in [0.05, 0.1) is 36.6 Å². The van der Waals surface area contributed by atoms with Gasteiger partial charge in [-0.05, 0) is 61.7 Å². The summed E-state index contributed by atoms with van der Waals surface area (Å²) in [7, 11) is 0. The predicted molar refractivity (Wildman–Crippen MR) is 128 cm³/mol. The lowest BCUT2D eigenvalue weighted by Crippen LogP contribution is -2.17. The Morgan fingerprint density at radius 2 is 1.44 bits per heavy atom. The summed E-state index contributed by atoms with van der Waals surface area (Å²) in [4.78, 5) is 45.0. The molecule has 172 valence electrons. The number of amides is 1. The minimum Gasteiger partial charge on any atom is -0.420 e. The Hall–Kier alpha value is -3.97. The normalized spacial score (nSPS) is 10.6. The number of ether oxygens (including phenoxy) is 1. The van der Waals surface area contributed by atoms with E-state index >= 15 is 0 Å². The Morgan fingerprint density at radius 3 is 1.97 bits per heavy atom. The summed E-state index contributed by atoms with van der Waals surface area (Å²) in [5, 5.41) is 26.0. The van der Waals surface area contributed by atoms with E-state index in [-0.39, 0.29) is 11.3 Å². The van der Waals surface area contributed by atoms with E-state index in [1.807, 2.05) is 0 Å². The molecule has 0 saturated heterocycles. The third-order valence-electron chi connectivity index (χ3n) is 4.19. The third kappa shape index (κ3) is 6.08. The molecule has 0 heterocycles. The molecule has 0 aromatic heterocycles. The molecule has 0 radical (unpaired) electrons. The van der Waals surface area contributed by atoms with Gasteiger partial charge in [-0.3, -0.25) is 25.0 Å². The van der Waals surface area contributed by atoms with Gasteiger partial charge < -0.3 is 4.74 Å². The standard InChI is InChI=1S/C21H12Br2N4O7/c22-17-6-12(11-24-25-20(28)13-4-2-1-3-5-13)7-18(23)19(17)34-21(29)14-8-15(26(30)31)10-16(9-14)27(32)33/h1-11H,(H,25,28)/b24-11-. The Balaban J connectivity index is 1.78. The van der Waals surface area contributed by atoms with Gasteiger partial charge in [0.2, 0.25) is 0 Å². The van der Waals surface area contributed by atoms with Crippen LogP contribution in [0.4, 0.5) is 11.4 Å². The molecule has 3 aromatic carbocycles. The average molecular weight is 592 g/mol. The Labute approximate surface area is 208 Å². The van der Waals surface area contributed by atoms with Crippen LogP contribution in [0, 0.1) is 20.2 Å². The van der Waals surface area contributed by atoms with Crippen molar-refractivity contribution in [3.05, 3.63) is 107 Å². The van der Waals surface area contributed by atoms with Gasteiger partial charge in [0.15, 0.2) is 5.75 Å². The third-order valence-corrected chi connectivity index (χ3v) is 5.37. The zero-order valence-corrected chi connectivity index (χ0v) is 20.0. The molecule has 0 spiro atoms. The fourth-order valence-corrected chi connectivity index (χ4v) is 4.03. The highest BCUT2D eigenvalue weighted by Gasteiger charge is 2.22. The van der Waals surface area contributed by atoms with Crippen molar-refractivity contribution in [1.29, 1.82) is 0 Å². The summed E-state index contributed by atoms with van der Waals surface area (Å²) in [5.74, 6) is -1.40. The highest BCUT2D eigenvalue weighted by atomic mass is 79.9. The van der Waals surface area contributed by atoms with Gasteiger partial charge in [-0.2, -0.15) is 5.10 Å². The second kappa shape index (κ2) is 10.8. The molecule has 0 atom stereocenters. The van der Waals surface area contributed by atoms with E-state index in [0.29, 0.717) is 20.1 Å². The van der Waals surface area contributed by atoms with Crippen molar-refractivity contribution in [3.63, 3.8) is 0 Å². The van der Waals surface area contributed by atoms with Crippen molar-refractivity contribution in [2.75, 3.05) is 0 Å². The van der Waals surface area contributed by atoms with E-state index < -0.39 is 33.1 Å². The SMILES string of the molecule is O=C(N/N=C\c1cc(Br)c(OC(=O)c2cc([N+](=O)[O-])cc([N+](=O)[O-])c2)c(Br)c1)c1ccccc1. The zero-order chi connectivity index (χ0) is 24.8. The molecule has 0 aliphatic rings. The maximum absolute atomic E-state index is 12.6. The number of non-ortho nitro benzene ring substituents is 2. The molecule has 34 heavy (non-hydrogen) atoms. The van der Waals surface area contributed by atoms with Crippen LogP contribution in [-0.4, -0.2) is 27.9 Å². The first-order chi connectivity index (χ1) is 16.2. The van der Waals surface area contributed by atoms with Crippen LogP contribution in [0.5, 0.6) is 5.75 Å². The van der Waals surface area contributed by atoms with Crippen LogP contribution in [0.3, 0.4) is 0 Å². The largest absolute Gasteiger partial charge is 0.420 e. The van der Waals surface area contributed by atoms with Crippen LogP contribution in [0.2, 0.25) is 0 Å². The van der Waals surface area contributed by atoms with Crippen LogP contribution in [0.1, 0.15) is 26.3 Å². The number of hydrogen-bond acceptors (Lipinski definition) is 8. The second-order valence-electron chi connectivity index (χ2n) is 6.52. The van der Waals surface area contributed by atoms with Crippen molar-refractivity contribution >= 4 is 61.3 Å². The van der Waals surface area contributed by atoms with E-state index in [0.717, 1.165) is 18.2 Å². The van der Waals surface area contributed by atoms with Gasteiger partial charge in [0, 0.05) is 17.7 Å². The van der Waals surface area contributed by atoms with E-state index in [2.05, 4.69) is 42.4 Å². The highest BCUT2D eigenvalue weighted by molar-refractivity contribution is 9.11. The predicted octanol–water partition coefficient (Wildman–Crippen LogP) is 5.01. The molecule has 0 aliphatic carbocycles. The number of hydrazone groups is 1. The van der Waals surface area contributed by atoms with Gasteiger partial charge in [-0.1, -0.05) is 18.2 Å². The summed E-state index contributed by atoms with van der Waals surface area (Å²) >= 11 is 6.52. The molecule has 3 rings (SSSR count). The first-order valence-corrected chi connectivity index (χ1v) is 10.8. The number of esters is 1. The maximum Gasteiger partial charge on any atom is 0.344 e. The second-order valence-corrected chi connectivity index (χ2v) is 8.23. The first-order valence-electron chi connectivity index (χ1n) is 9.19. The minimum atomic E-state index is -1.04. The number of hydrogen-bond donors (Lipinski definition) is 1. The lowest BCUT2D eigenvalue weighted by Gasteiger charge is -2.10. The Bertz CT molecular complexity index is 1270. The summed E-state index contributed by atoms with van der Waals surface area (Å²) in [6, 6.07) is 14.1. The van der Waals surface area contributed by atoms with E-state index in [1.165, 1.54) is 6.21 Å². The number of carbonyl (C=O) groups excluding carboxylic acids is 2. The summed E-state index contributed by atoms with van der Waals surface area (Å²) < 4.78 is 5.92. The number of nitrogens with zero attached hydrogens (tertiary/aromatic N) is 3. The molecule has 0 aliphatic heterocycles. The van der Waals surface area contributed by atoms with Crippen molar-refractivity contribution < 1.29 is 24.2 Å². The fraction of sp³-hybridized carbons (Fsp3) is 0. The molecule has 3 aromatic rings. The quantitative estimate of drug-likeness (QED) is 0.133. The molecular formula is C21H12Br2N4O7. The van der Waals surface area contributed by atoms with Crippen LogP contribution in [0.15, 0.2) is 74.7 Å². The fourth-order valence-electron chi connectivity index (χ4n) is 2.65. The average Bonchev–Trinajstić information content (AvgIpc) is 2.81. The molecular weight excluding hydrogens is 580 g/mol. The number of carbonyl (C=O) groups is 2. The molecule has 0 saturated carbocycles. The molecule has 0 fully saturated rings. The van der Waals surface area contributed by atoms with E-state index in [4.69, 9.17) is 4.74 Å². The van der Waals surface area contributed by atoms with Crippen LogP contribution >= 0.6 is 31.9 Å². The molecule has 1 N–H and O–H groups in total. The molecule has 11 nitrogen and oxygen atoms in total. The highest BCUT2D eigenvalue weighted by Crippen LogP contribution is 2.35. The number of halogens is 2. The summed E-state index contributed by atoms with van der Waals surface area (Å²) in [6.07, 6.45) is 1.37. The van der Waals surface area contributed by atoms with Crippen LogP contribution in [-0.2, 0) is 0 Å². The van der Waals surface area contributed by atoms with Gasteiger partial charge in [-0.15, -0.1) is 0 Å². The lowest BCUT2D eigenvalue weighted by molar-refractivity contribution is -0.394. The number of nitro benzene ring substituents is 2. The summed E-state index contributed by atoms with van der Waals surface area (Å²) in [5.41, 5.74) is 1.74. The first kappa shape index (κ1) is 24.7. The van der Waals surface area contributed by atoms with Crippen molar-refractivity contribution in [2.45, 2.75) is 0 Å². The van der Waals surface area contributed by atoms with Gasteiger partial charge >= 0.3 is 5.97 Å². The Morgan fingerprint density at radius 1 is 0.882 bits per heavy atom. The van der Waals surface area contributed by atoms with Crippen LogP contribution in [0.25, 0.3) is 0 Å². The molecule has 0 bridgehead atoms. The molecule has 13 heteroatoms. The number of nitrogens with one attached hydrogen (secondary N) is 1. The van der Waals surface area contributed by atoms with Gasteiger partial charge in [0.1, 0.15) is 0 Å². The Kier molecular flexibility index (Phi) is 7.81. The number of benzene rings is 3. The summed E-state index contributed by atoms with van der Waals surface area (Å²) in [6.45, 7) is 0. The number of nitro groups is 2.